The van der Waals surface area contributed by atoms with Crippen LogP contribution in [0.5, 0.6) is 0 Å². The second-order valence-electron chi connectivity index (χ2n) is 3.81. The highest BCUT2D eigenvalue weighted by atomic mass is 35.5. The van der Waals surface area contributed by atoms with Gasteiger partial charge in [-0.05, 0) is 12.2 Å². The Morgan fingerprint density at radius 2 is 1.72 bits per heavy atom. The van der Waals surface area contributed by atoms with Crippen LogP contribution in [0.1, 0.15) is 19.5 Å². The van der Waals surface area contributed by atoms with Crippen LogP contribution >= 0.6 is 47.6 Å². The monoisotopic (exact) mass is 434 g/mol. The lowest BCUT2D eigenvalue weighted by Crippen LogP contribution is -2.18. The van der Waals surface area contributed by atoms with Gasteiger partial charge in [0.1, 0.15) is 6.61 Å². The van der Waals surface area contributed by atoms with Crippen LogP contribution in [0.15, 0.2) is 5.38 Å². The Bertz CT molecular complexity index is 553. The fourth-order valence-electron chi connectivity index (χ4n) is 0.785. The van der Waals surface area contributed by atoms with Gasteiger partial charge in [-0.25, -0.2) is 4.98 Å². The zero-order chi connectivity index (χ0) is 19.1. The smallest absolute Gasteiger partial charge is 0.303 e. The molecule has 0 saturated carbocycles. The first-order valence-corrected chi connectivity index (χ1v) is 7.99. The molecule has 9 nitrogen and oxygen atoms in total. The Balaban J connectivity index is -0.000000314. The number of alkyl halides is 1. The lowest BCUT2D eigenvalue weighted by molar-refractivity contribution is -0.145. The van der Waals surface area contributed by atoms with E-state index in [1.165, 1.54) is 25.2 Å². The molecule has 0 atom stereocenters. The molecule has 0 aliphatic carbocycles. The van der Waals surface area contributed by atoms with Crippen molar-refractivity contribution in [2.45, 2.75) is 20.5 Å². The summed E-state index contributed by atoms with van der Waals surface area (Å²) in [5.41, 5.74) is 15.3. The maximum atomic E-state index is 10.3. The Kier molecular flexibility index (Phi) is 19.3. The van der Waals surface area contributed by atoms with Crippen LogP contribution in [0, 0.1) is 0 Å². The van der Waals surface area contributed by atoms with Crippen molar-refractivity contribution in [3.05, 3.63) is 11.1 Å². The van der Waals surface area contributed by atoms with E-state index in [0.717, 1.165) is 0 Å². The van der Waals surface area contributed by atoms with Gasteiger partial charge in [0.25, 0.3) is 0 Å². The molecule has 0 radical (unpaired) electrons. The van der Waals surface area contributed by atoms with Crippen molar-refractivity contribution in [3.8, 4) is 0 Å². The number of anilines is 1. The number of carbonyl (C=O) groups excluding carboxylic acids is 3. The van der Waals surface area contributed by atoms with Gasteiger partial charge in [0, 0.05) is 19.2 Å². The number of nitrogens with zero attached hydrogens (tertiary/aromatic N) is 1. The van der Waals surface area contributed by atoms with Crippen molar-refractivity contribution >= 4 is 75.5 Å². The Hall–Kier alpha value is -1.69. The predicted molar refractivity (Wildman–Crippen MR) is 103 cm³/mol. The number of nitrogen functional groups attached to an aromatic ring is 1. The number of nitrogens with two attached hydrogens (primary N) is 3. The number of hydrogen-bond acceptors (Lipinski definition) is 9. The number of Topliss-reactive ketones (excluding diaryl/α,β-unsaturated/α-hetero) is 1. The molecule has 0 aromatic carbocycles. The SMILES string of the molecule is CC(=O)OCC(=O)CCl.CC(=O)OCc1csc(N)n1.Cl.NC(N)=S. The van der Waals surface area contributed by atoms with Crippen molar-refractivity contribution < 1.29 is 23.9 Å². The third-order valence-corrected chi connectivity index (χ3v) is 2.60. The second kappa shape index (κ2) is 17.1. The minimum absolute atomic E-state index is 0. The van der Waals surface area contributed by atoms with Gasteiger partial charge in [0.2, 0.25) is 0 Å². The Morgan fingerprint density at radius 1 is 1.24 bits per heavy atom. The van der Waals surface area contributed by atoms with Gasteiger partial charge in [0.15, 0.2) is 22.6 Å². The van der Waals surface area contributed by atoms with E-state index in [1.54, 1.807) is 5.38 Å². The number of hydrogen-bond donors (Lipinski definition) is 3. The summed E-state index contributed by atoms with van der Waals surface area (Å²) >= 11 is 10.5. The number of thiazole rings is 1. The maximum absolute atomic E-state index is 10.3. The number of ketones is 1. The first kappa shape index (κ1) is 28.1. The topological polar surface area (TPSA) is 161 Å². The Labute approximate surface area is 165 Å². The molecule has 1 heterocycles. The normalized spacial score (nSPS) is 8.28. The van der Waals surface area contributed by atoms with Gasteiger partial charge in [-0.2, -0.15) is 0 Å². The second-order valence-corrected chi connectivity index (χ2v) is 5.44. The van der Waals surface area contributed by atoms with Crippen LogP contribution in [-0.2, 0) is 30.5 Å². The highest BCUT2D eigenvalue weighted by molar-refractivity contribution is 7.80. The molecule has 0 bridgehead atoms. The average Bonchev–Trinajstić information content (AvgIpc) is 2.88. The highest BCUT2D eigenvalue weighted by Gasteiger charge is 2.00. The Morgan fingerprint density at radius 3 is 2.04 bits per heavy atom. The number of thiocarbonyl (C=S) groups is 1. The lowest BCUT2D eigenvalue weighted by Gasteiger charge is -1.95. The van der Waals surface area contributed by atoms with Crippen LogP contribution in [0.25, 0.3) is 0 Å². The largest absolute Gasteiger partial charge is 0.459 e. The standard InChI is InChI=1S/C6H8N2O2S.C5H7ClO3.CH4N2S.ClH/c1-4(9)10-2-5-3-11-6(7)8-5;1-4(7)9-3-5(8)2-6;2-1(3)4;/h3H,2H2,1H3,(H2,7,8);2-3H2,1H3;(H4,2,3,4);1H. The summed E-state index contributed by atoms with van der Waals surface area (Å²) in [6, 6.07) is 0. The molecule has 0 amide bonds. The molecule has 144 valence electrons. The molecular weight excluding hydrogens is 415 g/mol. The van der Waals surface area contributed by atoms with Crippen LogP contribution in [0.4, 0.5) is 5.13 Å². The summed E-state index contributed by atoms with van der Waals surface area (Å²) in [6.07, 6.45) is 0. The number of carbonyl (C=O) groups is 3. The third-order valence-electron chi connectivity index (χ3n) is 1.58. The first-order chi connectivity index (χ1) is 11.1. The van der Waals surface area contributed by atoms with E-state index in [1.807, 2.05) is 0 Å². The average molecular weight is 435 g/mol. The molecule has 0 saturated heterocycles. The van der Waals surface area contributed by atoms with Gasteiger partial charge in [-0.3, -0.25) is 14.4 Å². The number of ether oxygens (including phenoxy) is 2. The molecule has 1 rings (SSSR count). The summed E-state index contributed by atoms with van der Waals surface area (Å²) in [5, 5.41) is 2.25. The molecule has 0 unspecified atom stereocenters. The van der Waals surface area contributed by atoms with Gasteiger partial charge in [-0.1, -0.05) is 0 Å². The van der Waals surface area contributed by atoms with E-state index in [-0.39, 0.29) is 48.4 Å². The van der Waals surface area contributed by atoms with Crippen molar-refractivity contribution in [1.82, 2.24) is 4.98 Å². The minimum atomic E-state index is -0.464. The molecule has 0 aliphatic rings. The molecular formula is C12H20Cl2N4O5S2. The molecule has 0 fully saturated rings. The molecule has 0 aliphatic heterocycles. The van der Waals surface area contributed by atoms with Crippen molar-refractivity contribution in [2.75, 3.05) is 18.2 Å². The van der Waals surface area contributed by atoms with Crippen molar-refractivity contribution in [2.24, 2.45) is 11.5 Å². The van der Waals surface area contributed by atoms with Crippen LogP contribution in [0.2, 0.25) is 0 Å². The molecule has 13 heteroatoms. The minimum Gasteiger partial charge on any atom is -0.459 e. The van der Waals surface area contributed by atoms with Gasteiger partial charge in [-0.15, -0.1) is 35.3 Å². The van der Waals surface area contributed by atoms with Crippen LogP contribution in [0.3, 0.4) is 0 Å². The lowest BCUT2D eigenvalue weighted by atomic mass is 10.5. The molecule has 1 aromatic heterocycles. The quantitative estimate of drug-likeness (QED) is 0.342. The van der Waals surface area contributed by atoms with Gasteiger partial charge in [0.05, 0.1) is 11.6 Å². The molecule has 25 heavy (non-hydrogen) atoms. The summed E-state index contributed by atoms with van der Waals surface area (Å²) in [7, 11) is 0. The zero-order valence-corrected chi connectivity index (χ0v) is 16.7. The van der Waals surface area contributed by atoms with E-state index >= 15 is 0 Å². The summed E-state index contributed by atoms with van der Waals surface area (Å²) in [6.45, 7) is 2.60. The number of halogens is 2. The fraction of sp³-hybridized carbons (Fsp3) is 0.417. The van der Waals surface area contributed by atoms with Crippen LogP contribution < -0.4 is 17.2 Å². The molecule has 1 aromatic rings. The van der Waals surface area contributed by atoms with Crippen molar-refractivity contribution in [3.63, 3.8) is 0 Å². The van der Waals surface area contributed by atoms with E-state index in [4.69, 9.17) is 22.1 Å². The van der Waals surface area contributed by atoms with E-state index in [9.17, 15) is 14.4 Å². The molecule has 0 spiro atoms. The summed E-state index contributed by atoms with van der Waals surface area (Å²) < 4.78 is 9.01. The van der Waals surface area contributed by atoms with E-state index in [2.05, 4.69) is 33.4 Å². The molecule has 6 N–H and O–H groups in total. The first-order valence-electron chi connectivity index (χ1n) is 6.17. The summed E-state index contributed by atoms with van der Waals surface area (Å²) in [4.78, 5) is 34.6. The third kappa shape index (κ3) is 24.7. The zero-order valence-electron chi connectivity index (χ0n) is 13.5. The van der Waals surface area contributed by atoms with E-state index in [0.29, 0.717) is 10.8 Å². The summed E-state index contributed by atoms with van der Waals surface area (Å²) in [5.74, 6) is -1.16. The van der Waals surface area contributed by atoms with Crippen molar-refractivity contribution in [1.29, 1.82) is 0 Å². The highest BCUT2D eigenvalue weighted by Crippen LogP contribution is 2.11. The maximum Gasteiger partial charge on any atom is 0.303 e. The number of aromatic nitrogens is 1. The van der Waals surface area contributed by atoms with Gasteiger partial charge < -0.3 is 26.7 Å². The number of rotatable bonds is 5. The van der Waals surface area contributed by atoms with Crippen LogP contribution in [-0.4, -0.2) is 40.3 Å². The predicted octanol–water partition coefficient (Wildman–Crippen LogP) is 0.756. The van der Waals surface area contributed by atoms with E-state index < -0.39 is 5.97 Å². The number of esters is 2. The fourth-order valence-corrected chi connectivity index (χ4v) is 1.41. The van der Waals surface area contributed by atoms with Gasteiger partial charge >= 0.3 is 11.9 Å².